The van der Waals surface area contributed by atoms with E-state index in [0.29, 0.717) is 25.9 Å². The highest BCUT2D eigenvalue weighted by Crippen LogP contribution is 2.13. The van der Waals surface area contributed by atoms with Gasteiger partial charge in [-0.25, -0.2) is 9.78 Å². The number of aryl methyl sites for hydroxylation is 2. The quantitative estimate of drug-likeness (QED) is 0.283. The molecule has 3 N–H and O–H groups in total. The number of hydrogen-bond acceptors (Lipinski definition) is 8. The molecule has 3 amide bonds. The highest BCUT2D eigenvalue weighted by molar-refractivity contribution is 6.02. The molecule has 14 heteroatoms. The van der Waals surface area contributed by atoms with Crippen molar-refractivity contribution in [2.75, 3.05) is 18.4 Å². The van der Waals surface area contributed by atoms with E-state index in [0.717, 1.165) is 6.20 Å². The Morgan fingerprint density at radius 2 is 1.58 bits per heavy atom. The average Bonchev–Trinajstić information content (AvgIpc) is 3.25. The molecule has 0 radical (unpaired) electrons. The van der Waals surface area contributed by atoms with Crippen LogP contribution in [0.3, 0.4) is 0 Å². The van der Waals surface area contributed by atoms with Gasteiger partial charge in [-0.1, -0.05) is 0 Å². The summed E-state index contributed by atoms with van der Waals surface area (Å²) >= 11 is 0. The van der Waals surface area contributed by atoms with Gasteiger partial charge in [-0.3, -0.25) is 9.59 Å². The van der Waals surface area contributed by atoms with E-state index in [-0.39, 0.29) is 17.5 Å². The Kier molecular flexibility index (Phi) is 8.10. The van der Waals surface area contributed by atoms with Gasteiger partial charge in [-0.15, -0.1) is 0 Å². The van der Waals surface area contributed by atoms with Gasteiger partial charge in [0.2, 0.25) is 5.82 Å². The molecule has 0 unspecified atom stereocenters. The summed E-state index contributed by atoms with van der Waals surface area (Å²) in [5, 5.41) is 18.6. The summed E-state index contributed by atoms with van der Waals surface area (Å²) in [5.41, 5.74) is -0.562. The third-order valence-electron chi connectivity index (χ3n) is 4.13. The van der Waals surface area contributed by atoms with Crippen molar-refractivity contribution in [3.63, 3.8) is 0 Å². The lowest BCUT2D eigenvalue weighted by Crippen LogP contribution is -2.33. The van der Waals surface area contributed by atoms with Crippen molar-refractivity contribution in [2.45, 2.75) is 39.2 Å². The normalized spacial score (nSPS) is 11.1. The monoisotopic (exact) mass is 464 g/mol. The lowest BCUT2D eigenvalue weighted by Gasteiger charge is -2.19. The summed E-state index contributed by atoms with van der Waals surface area (Å²) in [5.74, 6) is -1.59. The Bertz CT molecular complexity index is 1040. The Morgan fingerprint density at radius 3 is 2.15 bits per heavy atom. The Labute approximate surface area is 189 Å². The molecule has 0 fully saturated rings. The number of alkyl carbamates (subject to hydrolysis) is 1. The van der Waals surface area contributed by atoms with Gasteiger partial charge >= 0.3 is 23.6 Å². The van der Waals surface area contributed by atoms with E-state index in [1.807, 2.05) is 0 Å². The number of hydrogen-bond donors (Lipinski definition) is 3. The molecule has 0 saturated carbocycles. The number of nitrogens with zero attached hydrogens (tertiary/aromatic N) is 5. The number of nitro groups is 1. The molecule has 180 valence electrons. The molecule has 0 aliphatic rings. The predicted octanol–water partition coefficient (Wildman–Crippen LogP) is 1.35. The molecule has 0 spiro atoms. The van der Waals surface area contributed by atoms with Crippen molar-refractivity contribution < 1.29 is 24.0 Å². The maximum absolute atomic E-state index is 12.4. The Morgan fingerprint density at radius 1 is 1.00 bits per heavy atom. The molecule has 0 atom stereocenters. The zero-order valence-electron chi connectivity index (χ0n) is 19.2. The van der Waals surface area contributed by atoms with Crippen molar-refractivity contribution in [3.8, 4) is 0 Å². The number of nitrogens with one attached hydrogen (secondary N) is 3. The van der Waals surface area contributed by atoms with Crippen LogP contribution in [0.25, 0.3) is 0 Å². The van der Waals surface area contributed by atoms with Crippen molar-refractivity contribution in [1.82, 2.24) is 29.7 Å². The molecule has 33 heavy (non-hydrogen) atoms. The first-order valence-corrected chi connectivity index (χ1v) is 10.1. The van der Waals surface area contributed by atoms with Crippen molar-refractivity contribution in [3.05, 3.63) is 34.2 Å². The fourth-order valence-electron chi connectivity index (χ4n) is 2.69. The summed E-state index contributed by atoms with van der Waals surface area (Å²) in [4.78, 5) is 54.2. The minimum atomic E-state index is -0.701. The number of amides is 3. The minimum absolute atomic E-state index is 0.0722. The van der Waals surface area contributed by atoms with Crippen molar-refractivity contribution >= 4 is 29.5 Å². The molecule has 14 nitrogen and oxygen atoms in total. The lowest BCUT2D eigenvalue weighted by molar-refractivity contribution is -0.389. The van der Waals surface area contributed by atoms with E-state index in [1.54, 1.807) is 27.8 Å². The molecular formula is C19H28N8O6. The highest BCUT2D eigenvalue weighted by Gasteiger charge is 2.24. The van der Waals surface area contributed by atoms with E-state index in [9.17, 15) is 24.5 Å². The van der Waals surface area contributed by atoms with Crippen LogP contribution in [0.5, 0.6) is 0 Å². The molecule has 0 bridgehead atoms. The third-order valence-corrected chi connectivity index (χ3v) is 4.13. The van der Waals surface area contributed by atoms with E-state index >= 15 is 0 Å². The van der Waals surface area contributed by atoms with Crippen LogP contribution in [0, 0.1) is 10.1 Å². The number of ether oxygens (including phenoxy) is 1. The van der Waals surface area contributed by atoms with E-state index in [4.69, 9.17) is 4.74 Å². The van der Waals surface area contributed by atoms with Crippen LogP contribution in [0.2, 0.25) is 0 Å². The van der Waals surface area contributed by atoms with Gasteiger partial charge in [0.1, 0.15) is 11.8 Å². The largest absolute Gasteiger partial charge is 0.444 e. The Balaban J connectivity index is 1.81. The molecule has 2 aromatic rings. The van der Waals surface area contributed by atoms with Crippen LogP contribution < -0.4 is 16.0 Å². The SMILES string of the molecule is Cn1cc(NC(=O)c2nc([N+](=O)[O-])cn2C)nc1C(=O)NCCCCNC(=O)OC(C)(C)C. The van der Waals surface area contributed by atoms with Crippen LogP contribution in [0.15, 0.2) is 12.4 Å². The van der Waals surface area contributed by atoms with E-state index in [1.165, 1.54) is 22.4 Å². The number of aromatic nitrogens is 4. The van der Waals surface area contributed by atoms with Crippen molar-refractivity contribution in [1.29, 1.82) is 0 Å². The summed E-state index contributed by atoms with van der Waals surface area (Å²) in [6.07, 6.45) is 3.32. The summed E-state index contributed by atoms with van der Waals surface area (Å²) in [7, 11) is 3.04. The van der Waals surface area contributed by atoms with Gasteiger partial charge in [-0.2, -0.15) is 0 Å². The zero-order chi connectivity index (χ0) is 24.8. The molecule has 0 aromatic carbocycles. The first-order chi connectivity index (χ1) is 15.4. The minimum Gasteiger partial charge on any atom is -0.444 e. The van der Waals surface area contributed by atoms with Gasteiger partial charge < -0.3 is 39.9 Å². The van der Waals surface area contributed by atoms with Gasteiger partial charge in [0.05, 0.1) is 0 Å². The zero-order valence-corrected chi connectivity index (χ0v) is 19.2. The molecule has 0 aliphatic carbocycles. The first kappa shape index (κ1) is 25.3. The molecular weight excluding hydrogens is 436 g/mol. The number of imidazole rings is 2. The standard InChI is InChI=1S/C19H28N8O6/c1-19(2,3)33-18(30)21-9-7-6-8-20-16(28)14-22-12(10-25(14)4)23-17(29)15-24-13(27(31)32)11-26(15)5/h10-11H,6-9H2,1-5H3,(H,20,28)(H,21,30)(H,23,29). The number of unbranched alkanes of at least 4 members (excludes halogenated alkanes) is 1. The van der Waals surface area contributed by atoms with E-state index < -0.39 is 34.2 Å². The van der Waals surface area contributed by atoms with Gasteiger partial charge in [-0.05, 0) is 43.5 Å². The maximum atomic E-state index is 12.4. The number of rotatable bonds is 9. The maximum Gasteiger partial charge on any atom is 0.407 e. The molecule has 2 aromatic heterocycles. The van der Waals surface area contributed by atoms with Gasteiger partial charge in [0, 0.05) is 33.4 Å². The van der Waals surface area contributed by atoms with Gasteiger partial charge in [0.15, 0.2) is 5.82 Å². The van der Waals surface area contributed by atoms with Crippen LogP contribution >= 0.6 is 0 Å². The van der Waals surface area contributed by atoms with E-state index in [2.05, 4.69) is 25.9 Å². The van der Waals surface area contributed by atoms with Crippen LogP contribution in [0.4, 0.5) is 16.4 Å². The Hall–Kier alpha value is -3.97. The highest BCUT2D eigenvalue weighted by atomic mass is 16.6. The molecule has 0 saturated heterocycles. The van der Waals surface area contributed by atoms with Crippen molar-refractivity contribution in [2.24, 2.45) is 14.1 Å². The predicted molar refractivity (Wildman–Crippen MR) is 117 cm³/mol. The molecule has 0 aliphatic heterocycles. The summed E-state index contributed by atoms with van der Waals surface area (Å²) in [6, 6.07) is 0. The fraction of sp³-hybridized carbons (Fsp3) is 0.526. The lowest BCUT2D eigenvalue weighted by atomic mass is 10.2. The van der Waals surface area contributed by atoms with Gasteiger partial charge in [0.25, 0.3) is 5.91 Å². The summed E-state index contributed by atoms with van der Waals surface area (Å²) in [6.45, 7) is 6.11. The number of carbonyl (C=O) groups is 3. The number of carbonyl (C=O) groups excluding carboxylic acids is 3. The first-order valence-electron chi connectivity index (χ1n) is 10.1. The van der Waals surface area contributed by atoms with Crippen LogP contribution in [-0.2, 0) is 18.8 Å². The smallest absolute Gasteiger partial charge is 0.407 e. The summed E-state index contributed by atoms with van der Waals surface area (Å²) < 4.78 is 7.80. The number of anilines is 1. The third kappa shape index (κ3) is 7.59. The average molecular weight is 464 g/mol. The van der Waals surface area contributed by atoms with Crippen LogP contribution in [0.1, 0.15) is 54.9 Å². The second kappa shape index (κ2) is 10.6. The second-order valence-corrected chi connectivity index (χ2v) is 8.20. The molecule has 2 rings (SSSR count). The fourth-order valence-corrected chi connectivity index (χ4v) is 2.69. The topological polar surface area (TPSA) is 175 Å². The molecule has 2 heterocycles. The second-order valence-electron chi connectivity index (χ2n) is 8.20. The van der Waals surface area contributed by atoms with Crippen LogP contribution in [-0.4, -0.2) is 60.6 Å².